The number of imidazole rings is 1. The van der Waals surface area contributed by atoms with Crippen molar-refractivity contribution in [3.05, 3.63) is 46.6 Å². The van der Waals surface area contributed by atoms with Crippen LogP contribution in [0, 0.1) is 0 Å². The molecule has 0 fully saturated rings. The Balaban J connectivity index is 1.97. The fourth-order valence-electron chi connectivity index (χ4n) is 2.95. The standard InChI is InChI=1S/C14H14ClN5/c1-20-10-4-2-3-8(15)11(10)13(19-20)14-12-9(5-6-16-14)17-7-18-12/h2-4,7,14,16H,5-6H2,1H3,(H,17,18)/t14-/m1/s1. The minimum atomic E-state index is -0.00593. The highest BCUT2D eigenvalue weighted by molar-refractivity contribution is 6.35. The summed E-state index contributed by atoms with van der Waals surface area (Å²) in [5.74, 6) is 0. The lowest BCUT2D eigenvalue weighted by Crippen LogP contribution is -2.31. The van der Waals surface area contributed by atoms with Gasteiger partial charge in [-0.25, -0.2) is 4.98 Å². The summed E-state index contributed by atoms with van der Waals surface area (Å²) >= 11 is 6.39. The number of halogens is 1. The second-order valence-corrected chi connectivity index (χ2v) is 5.45. The zero-order valence-corrected chi connectivity index (χ0v) is 11.8. The predicted octanol–water partition coefficient (Wildman–Crippen LogP) is 2.18. The van der Waals surface area contributed by atoms with Gasteiger partial charge in [-0.15, -0.1) is 0 Å². The summed E-state index contributed by atoms with van der Waals surface area (Å²) in [6, 6.07) is 5.88. The first kappa shape index (κ1) is 11.9. The molecule has 5 nitrogen and oxygen atoms in total. The Labute approximate surface area is 121 Å². The van der Waals surface area contributed by atoms with Crippen LogP contribution in [0.1, 0.15) is 23.1 Å². The van der Waals surface area contributed by atoms with Crippen LogP contribution in [0.5, 0.6) is 0 Å². The van der Waals surface area contributed by atoms with Gasteiger partial charge in [-0.05, 0) is 12.1 Å². The number of fused-ring (bicyclic) bond motifs is 2. The fourth-order valence-corrected chi connectivity index (χ4v) is 3.21. The van der Waals surface area contributed by atoms with Crippen molar-refractivity contribution < 1.29 is 0 Å². The Morgan fingerprint density at radius 1 is 1.35 bits per heavy atom. The number of H-pyrrole nitrogens is 1. The third-order valence-electron chi connectivity index (χ3n) is 3.88. The summed E-state index contributed by atoms with van der Waals surface area (Å²) in [6.45, 7) is 0.905. The Bertz CT molecular complexity index is 788. The first-order chi connectivity index (χ1) is 9.75. The Hall–Kier alpha value is -1.85. The van der Waals surface area contributed by atoms with Crippen molar-refractivity contribution in [2.75, 3.05) is 6.54 Å². The molecule has 1 aliphatic heterocycles. The van der Waals surface area contributed by atoms with Gasteiger partial charge in [0, 0.05) is 31.1 Å². The largest absolute Gasteiger partial charge is 0.348 e. The second-order valence-electron chi connectivity index (χ2n) is 5.05. The maximum atomic E-state index is 6.39. The first-order valence-corrected chi connectivity index (χ1v) is 7.00. The second kappa shape index (κ2) is 4.33. The zero-order chi connectivity index (χ0) is 13.7. The lowest BCUT2D eigenvalue weighted by atomic mass is 10.00. The molecule has 0 amide bonds. The molecule has 2 N–H and O–H groups in total. The van der Waals surface area contributed by atoms with Crippen LogP contribution in [0.4, 0.5) is 0 Å². The van der Waals surface area contributed by atoms with Gasteiger partial charge in [0.15, 0.2) is 0 Å². The Morgan fingerprint density at radius 3 is 3.15 bits per heavy atom. The molecule has 6 heteroatoms. The van der Waals surface area contributed by atoms with Crippen molar-refractivity contribution in [2.45, 2.75) is 12.5 Å². The average Bonchev–Trinajstić information content (AvgIpc) is 3.04. The van der Waals surface area contributed by atoms with E-state index in [1.54, 1.807) is 6.33 Å². The van der Waals surface area contributed by atoms with Crippen molar-refractivity contribution in [1.82, 2.24) is 25.1 Å². The van der Waals surface area contributed by atoms with Crippen molar-refractivity contribution in [2.24, 2.45) is 7.05 Å². The predicted molar refractivity (Wildman–Crippen MR) is 77.9 cm³/mol. The summed E-state index contributed by atoms with van der Waals surface area (Å²) in [7, 11) is 1.94. The minimum Gasteiger partial charge on any atom is -0.348 e. The third kappa shape index (κ3) is 1.60. The van der Waals surface area contributed by atoms with Crippen molar-refractivity contribution >= 4 is 22.5 Å². The monoisotopic (exact) mass is 287 g/mol. The molecule has 0 aliphatic carbocycles. The van der Waals surface area contributed by atoms with E-state index in [1.165, 1.54) is 5.69 Å². The van der Waals surface area contributed by atoms with Crippen LogP contribution in [0.2, 0.25) is 5.02 Å². The normalized spacial score (nSPS) is 18.4. The molecule has 1 aromatic carbocycles. The molecule has 0 bridgehead atoms. The summed E-state index contributed by atoms with van der Waals surface area (Å²) in [5, 5.41) is 9.90. The number of nitrogens with one attached hydrogen (secondary N) is 2. The van der Waals surface area contributed by atoms with E-state index in [2.05, 4.69) is 20.4 Å². The Kier molecular flexibility index (Phi) is 2.58. The van der Waals surface area contributed by atoms with Gasteiger partial charge in [-0.2, -0.15) is 5.10 Å². The van der Waals surface area contributed by atoms with Crippen molar-refractivity contribution in [3.63, 3.8) is 0 Å². The quantitative estimate of drug-likeness (QED) is 0.721. The molecule has 0 unspecified atom stereocenters. The van der Waals surface area contributed by atoms with E-state index in [0.29, 0.717) is 0 Å². The van der Waals surface area contributed by atoms with E-state index in [0.717, 1.165) is 40.3 Å². The highest BCUT2D eigenvalue weighted by Crippen LogP contribution is 2.34. The molecule has 3 aromatic rings. The molecule has 1 aliphatic rings. The average molecular weight is 288 g/mol. The molecule has 0 saturated carbocycles. The molecule has 4 rings (SSSR count). The SMILES string of the molecule is Cn1nc([C@@H]2NCCc3[nH]cnc32)c2c(Cl)cccc21. The number of rotatable bonds is 1. The van der Waals surface area contributed by atoms with Crippen molar-refractivity contribution in [1.29, 1.82) is 0 Å². The van der Waals surface area contributed by atoms with E-state index in [-0.39, 0.29) is 6.04 Å². The van der Waals surface area contributed by atoms with Gasteiger partial charge in [-0.3, -0.25) is 4.68 Å². The molecule has 3 heterocycles. The Morgan fingerprint density at radius 2 is 2.25 bits per heavy atom. The first-order valence-electron chi connectivity index (χ1n) is 6.62. The smallest absolute Gasteiger partial charge is 0.0969 e. The highest BCUT2D eigenvalue weighted by atomic mass is 35.5. The van der Waals surface area contributed by atoms with Gasteiger partial charge in [-0.1, -0.05) is 17.7 Å². The molecule has 2 aromatic heterocycles. The van der Waals surface area contributed by atoms with Crippen LogP contribution in [0.15, 0.2) is 24.5 Å². The molecular formula is C14H14ClN5. The molecule has 0 saturated heterocycles. The van der Waals surface area contributed by atoms with Gasteiger partial charge < -0.3 is 10.3 Å². The third-order valence-corrected chi connectivity index (χ3v) is 4.19. The minimum absolute atomic E-state index is 0.00593. The van der Waals surface area contributed by atoms with Crippen LogP contribution in [-0.2, 0) is 13.5 Å². The summed E-state index contributed by atoms with van der Waals surface area (Å²) < 4.78 is 1.87. The maximum Gasteiger partial charge on any atom is 0.0969 e. The molecule has 0 radical (unpaired) electrons. The van der Waals surface area contributed by atoms with Gasteiger partial charge >= 0.3 is 0 Å². The number of aromatic nitrogens is 4. The molecule has 102 valence electrons. The lowest BCUT2D eigenvalue weighted by molar-refractivity contribution is 0.538. The molecule has 0 spiro atoms. The number of nitrogens with zero attached hydrogens (tertiary/aromatic N) is 3. The van der Waals surface area contributed by atoms with E-state index in [1.807, 2.05) is 29.9 Å². The molecule has 20 heavy (non-hydrogen) atoms. The van der Waals surface area contributed by atoms with E-state index in [9.17, 15) is 0 Å². The summed E-state index contributed by atoms with van der Waals surface area (Å²) in [4.78, 5) is 7.66. The van der Waals surface area contributed by atoms with Crippen LogP contribution >= 0.6 is 11.6 Å². The van der Waals surface area contributed by atoms with Crippen LogP contribution in [-0.4, -0.2) is 26.3 Å². The number of hydrogen-bond donors (Lipinski definition) is 2. The number of hydrogen-bond acceptors (Lipinski definition) is 3. The van der Waals surface area contributed by atoms with Crippen LogP contribution in [0.3, 0.4) is 0 Å². The summed E-state index contributed by atoms with van der Waals surface area (Å²) in [5.41, 5.74) is 4.19. The van der Waals surface area contributed by atoms with Crippen LogP contribution in [0.25, 0.3) is 10.9 Å². The van der Waals surface area contributed by atoms with Gasteiger partial charge in [0.1, 0.15) is 0 Å². The highest BCUT2D eigenvalue weighted by Gasteiger charge is 2.28. The van der Waals surface area contributed by atoms with E-state index in [4.69, 9.17) is 11.6 Å². The lowest BCUT2D eigenvalue weighted by Gasteiger charge is -2.21. The molecule has 1 atom stereocenters. The van der Waals surface area contributed by atoms with Gasteiger partial charge in [0.05, 0.1) is 34.3 Å². The van der Waals surface area contributed by atoms with E-state index < -0.39 is 0 Å². The summed E-state index contributed by atoms with van der Waals surface area (Å²) in [6.07, 6.45) is 2.71. The molecular weight excluding hydrogens is 274 g/mol. The number of aromatic amines is 1. The van der Waals surface area contributed by atoms with Gasteiger partial charge in [0.2, 0.25) is 0 Å². The fraction of sp³-hybridized carbons (Fsp3) is 0.286. The number of benzene rings is 1. The van der Waals surface area contributed by atoms with Gasteiger partial charge in [0.25, 0.3) is 0 Å². The van der Waals surface area contributed by atoms with Crippen molar-refractivity contribution in [3.8, 4) is 0 Å². The van der Waals surface area contributed by atoms with Crippen LogP contribution < -0.4 is 5.32 Å². The topological polar surface area (TPSA) is 58.5 Å². The number of aryl methyl sites for hydroxylation is 1. The zero-order valence-electron chi connectivity index (χ0n) is 11.0. The van der Waals surface area contributed by atoms with E-state index >= 15 is 0 Å². The maximum absolute atomic E-state index is 6.39.